The van der Waals surface area contributed by atoms with Gasteiger partial charge in [-0.05, 0) is 23.8 Å². The normalized spacial score (nSPS) is 10.4. The van der Waals surface area contributed by atoms with Crippen LogP contribution in [0.1, 0.15) is 18.9 Å². The molecule has 0 heterocycles. The van der Waals surface area contributed by atoms with Gasteiger partial charge in [0, 0.05) is 6.42 Å². The predicted molar refractivity (Wildman–Crippen MR) is 70.4 cm³/mol. The second kappa shape index (κ2) is 6.69. The number of hydrogen-bond donors (Lipinski definition) is 0. The average molecular weight is 250 g/mol. The molecule has 0 fully saturated rings. The molecule has 98 valence electrons. The Labute approximate surface area is 107 Å². The molecule has 0 amide bonds. The van der Waals surface area contributed by atoms with Gasteiger partial charge >= 0.3 is 0 Å². The number of ether oxygens (including phenoxy) is 3. The summed E-state index contributed by atoms with van der Waals surface area (Å²) >= 11 is 0. The third kappa shape index (κ3) is 3.26. The smallest absolute Gasteiger partial charge is 0.203 e. The fourth-order valence-electron chi connectivity index (χ4n) is 1.50. The van der Waals surface area contributed by atoms with Crippen molar-refractivity contribution in [3.8, 4) is 17.2 Å². The van der Waals surface area contributed by atoms with Gasteiger partial charge in [-0.25, -0.2) is 0 Å². The summed E-state index contributed by atoms with van der Waals surface area (Å²) < 4.78 is 15.7. The minimum Gasteiger partial charge on any atom is -0.493 e. The Kier molecular flexibility index (Phi) is 5.24. The monoisotopic (exact) mass is 250 g/mol. The Hall–Kier alpha value is -1.97. The number of methoxy groups -OCH3 is 3. The van der Waals surface area contributed by atoms with Crippen LogP contribution in [0.4, 0.5) is 0 Å². The first kappa shape index (κ1) is 14.1. The predicted octanol–water partition coefficient (Wildman–Crippen LogP) is 2.70. The van der Waals surface area contributed by atoms with Crippen molar-refractivity contribution in [3.63, 3.8) is 0 Å². The van der Waals surface area contributed by atoms with E-state index in [1.165, 1.54) is 0 Å². The van der Waals surface area contributed by atoms with Gasteiger partial charge in [0.2, 0.25) is 5.75 Å². The summed E-state index contributed by atoms with van der Waals surface area (Å²) in [5.41, 5.74) is 0.825. The molecule has 1 rings (SSSR count). The molecule has 0 unspecified atom stereocenters. The van der Waals surface area contributed by atoms with E-state index in [0.29, 0.717) is 23.7 Å². The maximum absolute atomic E-state index is 11.2. The summed E-state index contributed by atoms with van der Waals surface area (Å²) in [7, 11) is 4.67. The van der Waals surface area contributed by atoms with Crippen LogP contribution >= 0.6 is 0 Å². The molecular formula is C14H18O4. The zero-order valence-corrected chi connectivity index (χ0v) is 11.1. The molecule has 0 aliphatic rings. The highest BCUT2D eigenvalue weighted by atomic mass is 16.5. The maximum Gasteiger partial charge on any atom is 0.203 e. The van der Waals surface area contributed by atoms with E-state index in [2.05, 4.69) is 0 Å². The minimum atomic E-state index is 0.0729. The summed E-state index contributed by atoms with van der Waals surface area (Å²) in [6.07, 6.45) is 3.76. The first-order valence-corrected chi connectivity index (χ1v) is 5.67. The van der Waals surface area contributed by atoms with E-state index in [1.54, 1.807) is 45.6 Å². The SMILES string of the molecule is CCC(=O)/C=C\c1cc(OC)c(OC)c(OC)c1. The molecule has 1 aromatic carbocycles. The van der Waals surface area contributed by atoms with Gasteiger partial charge in [0.1, 0.15) is 0 Å². The van der Waals surface area contributed by atoms with E-state index in [-0.39, 0.29) is 5.78 Å². The highest BCUT2D eigenvalue weighted by Crippen LogP contribution is 2.38. The highest BCUT2D eigenvalue weighted by molar-refractivity contribution is 5.93. The first-order valence-electron chi connectivity index (χ1n) is 5.67. The van der Waals surface area contributed by atoms with Crippen LogP contribution in [0.15, 0.2) is 18.2 Å². The number of allylic oxidation sites excluding steroid dienone is 1. The lowest BCUT2D eigenvalue weighted by atomic mass is 10.1. The van der Waals surface area contributed by atoms with Crippen LogP contribution in [0.3, 0.4) is 0 Å². The van der Waals surface area contributed by atoms with Crippen molar-refractivity contribution in [3.05, 3.63) is 23.8 Å². The van der Waals surface area contributed by atoms with Gasteiger partial charge < -0.3 is 14.2 Å². The largest absolute Gasteiger partial charge is 0.493 e. The molecule has 18 heavy (non-hydrogen) atoms. The summed E-state index contributed by atoms with van der Waals surface area (Å²) in [4.78, 5) is 11.2. The first-order chi connectivity index (χ1) is 8.65. The molecule has 0 saturated heterocycles. The number of carbonyl (C=O) groups excluding carboxylic acids is 1. The zero-order valence-electron chi connectivity index (χ0n) is 11.1. The topological polar surface area (TPSA) is 44.8 Å². The molecule has 0 aromatic heterocycles. The van der Waals surface area contributed by atoms with E-state index in [4.69, 9.17) is 14.2 Å². The van der Waals surface area contributed by atoms with Gasteiger partial charge in [-0.15, -0.1) is 0 Å². The van der Waals surface area contributed by atoms with Gasteiger partial charge in [-0.2, -0.15) is 0 Å². The fraction of sp³-hybridized carbons (Fsp3) is 0.357. The fourth-order valence-corrected chi connectivity index (χ4v) is 1.50. The third-order valence-corrected chi connectivity index (χ3v) is 2.50. The molecular weight excluding hydrogens is 232 g/mol. The lowest BCUT2D eigenvalue weighted by Crippen LogP contribution is -1.95. The third-order valence-electron chi connectivity index (χ3n) is 2.50. The Morgan fingerprint density at radius 3 is 2.06 bits per heavy atom. The number of rotatable bonds is 6. The lowest BCUT2D eigenvalue weighted by molar-refractivity contribution is -0.114. The summed E-state index contributed by atoms with van der Waals surface area (Å²) in [6, 6.07) is 3.58. The zero-order chi connectivity index (χ0) is 13.5. The molecule has 0 aliphatic carbocycles. The average Bonchev–Trinajstić information content (AvgIpc) is 2.43. The molecule has 0 N–H and O–H groups in total. The molecule has 0 bridgehead atoms. The van der Waals surface area contributed by atoms with E-state index in [9.17, 15) is 4.79 Å². The van der Waals surface area contributed by atoms with Gasteiger partial charge in [0.25, 0.3) is 0 Å². The Bertz CT molecular complexity index is 424. The van der Waals surface area contributed by atoms with Gasteiger partial charge in [-0.3, -0.25) is 4.79 Å². The van der Waals surface area contributed by atoms with Crippen LogP contribution in [0, 0.1) is 0 Å². The van der Waals surface area contributed by atoms with Gasteiger partial charge in [0.05, 0.1) is 21.3 Å². The quantitative estimate of drug-likeness (QED) is 0.728. The molecule has 0 atom stereocenters. The Morgan fingerprint density at radius 2 is 1.67 bits per heavy atom. The lowest BCUT2D eigenvalue weighted by Gasteiger charge is -2.12. The van der Waals surface area contributed by atoms with Crippen molar-refractivity contribution in [2.24, 2.45) is 0 Å². The second-order valence-electron chi connectivity index (χ2n) is 3.61. The van der Waals surface area contributed by atoms with Crippen molar-refractivity contribution in [1.82, 2.24) is 0 Å². The number of hydrogen-bond acceptors (Lipinski definition) is 4. The number of ketones is 1. The molecule has 1 aromatic rings. The van der Waals surface area contributed by atoms with Crippen LogP contribution in [-0.2, 0) is 4.79 Å². The van der Waals surface area contributed by atoms with E-state index in [1.807, 2.05) is 6.92 Å². The minimum absolute atomic E-state index is 0.0729. The second-order valence-corrected chi connectivity index (χ2v) is 3.61. The number of benzene rings is 1. The number of carbonyl (C=O) groups is 1. The van der Waals surface area contributed by atoms with Crippen molar-refractivity contribution in [1.29, 1.82) is 0 Å². The van der Waals surface area contributed by atoms with Crippen molar-refractivity contribution >= 4 is 11.9 Å². The summed E-state index contributed by atoms with van der Waals surface area (Å²) in [5.74, 6) is 1.75. The molecule has 0 aliphatic heterocycles. The van der Waals surface area contributed by atoms with Crippen LogP contribution in [0.25, 0.3) is 6.08 Å². The van der Waals surface area contributed by atoms with E-state index < -0.39 is 0 Å². The molecule has 4 nitrogen and oxygen atoms in total. The maximum atomic E-state index is 11.2. The van der Waals surface area contributed by atoms with Gasteiger partial charge in [-0.1, -0.05) is 13.0 Å². The van der Waals surface area contributed by atoms with E-state index in [0.717, 1.165) is 5.56 Å². The van der Waals surface area contributed by atoms with Crippen LogP contribution < -0.4 is 14.2 Å². The van der Waals surface area contributed by atoms with Crippen molar-refractivity contribution < 1.29 is 19.0 Å². The summed E-state index contributed by atoms with van der Waals surface area (Å²) in [5, 5.41) is 0. The van der Waals surface area contributed by atoms with Crippen LogP contribution in [-0.4, -0.2) is 27.1 Å². The standard InChI is InChI=1S/C14H18O4/c1-5-11(15)7-6-10-8-12(16-2)14(18-4)13(9-10)17-3/h6-9H,5H2,1-4H3/b7-6-. The van der Waals surface area contributed by atoms with Gasteiger partial charge in [0.15, 0.2) is 17.3 Å². The van der Waals surface area contributed by atoms with Crippen LogP contribution in [0.5, 0.6) is 17.2 Å². The van der Waals surface area contributed by atoms with Crippen LogP contribution in [0.2, 0.25) is 0 Å². The Balaban J connectivity index is 3.15. The van der Waals surface area contributed by atoms with Crippen molar-refractivity contribution in [2.45, 2.75) is 13.3 Å². The molecule has 0 spiro atoms. The van der Waals surface area contributed by atoms with E-state index >= 15 is 0 Å². The molecule has 4 heteroatoms. The highest BCUT2D eigenvalue weighted by Gasteiger charge is 2.11. The summed E-state index contributed by atoms with van der Waals surface area (Å²) in [6.45, 7) is 1.82. The van der Waals surface area contributed by atoms with Crippen molar-refractivity contribution in [2.75, 3.05) is 21.3 Å². The Morgan fingerprint density at radius 1 is 1.11 bits per heavy atom. The molecule has 0 saturated carbocycles. The molecule has 0 radical (unpaired) electrons.